The zero-order valence-electron chi connectivity index (χ0n) is 11.2. The largest absolute Gasteiger partial charge is 0.494 e. The van der Waals surface area contributed by atoms with Gasteiger partial charge in [0.25, 0.3) is 0 Å². The van der Waals surface area contributed by atoms with E-state index in [0.717, 1.165) is 38.5 Å². The fraction of sp³-hybridized carbons (Fsp3) is 0.600. The maximum Gasteiger partial charge on any atom is 0.119 e. The molecule has 1 aromatic rings. The van der Waals surface area contributed by atoms with E-state index in [1.165, 1.54) is 18.4 Å². The van der Waals surface area contributed by atoms with Crippen LogP contribution in [-0.4, -0.2) is 32.4 Å². The first-order chi connectivity index (χ1) is 8.84. The summed E-state index contributed by atoms with van der Waals surface area (Å²) in [6, 6.07) is 8.18. The highest BCUT2D eigenvalue weighted by Gasteiger charge is 2.13. The van der Waals surface area contributed by atoms with E-state index in [9.17, 15) is 0 Å². The van der Waals surface area contributed by atoms with E-state index in [1.807, 2.05) is 12.1 Å². The van der Waals surface area contributed by atoms with Crippen molar-refractivity contribution in [3.63, 3.8) is 0 Å². The van der Waals surface area contributed by atoms with E-state index in [2.05, 4.69) is 24.4 Å². The van der Waals surface area contributed by atoms with Gasteiger partial charge in [-0.15, -0.1) is 0 Å². The molecule has 1 aromatic carbocycles. The van der Waals surface area contributed by atoms with E-state index in [0.29, 0.717) is 6.10 Å². The van der Waals surface area contributed by atoms with Crippen molar-refractivity contribution in [2.24, 2.45) is 0 Å². The molecule has 1 saturated heterocycles. The minimum Gasteiger partial charge on any atom is -0.494 e. The summed E-state index contributed by atoms with van der Waals surface area (Å²) in [5, 5.41) is 3.42. The molecule has 1 N–H and O–H groups in total. The topological polar surface area (TPSA) is 30.5 Å². The van der Waals surface area contributed by atoms with Crippen LogP contribution >= 0.6 is 0 Å². The molecule has 1 atom stereocenters. The average molecular weight is 249 g/mol. The first-order valence-electron chi connectivity index (χ1n) is 6.86. The van der Waals surface area contributed by atoms with Gasteiger partial charge in [0.15, 0.2) is 0 Å². The lowest BCUT2D eigenvalue weighted by Crippen LogP contribution is -2.27. The van der Waals surface area contributed by atoms with E-state index in [-0.39, 0.29) is 0 Å². The second kappa shape index (κ2) is 7.39. The van der Waals surface area contributed by atoms with Crippen molar-refractivity contribution in [3.8, 4) is 5.75 Å². The molecule has 18 heavy (non-hydrogen) atoms. The second-order valence-electron chi connectivity index (χ2n) is 4.86. The highest BCUT2D eigenvalue weighted by Crippen LogP contribution is 2.12. The van der Waals surface area contributed by atoms with Crippen LogP contribution in [0.1, 0.15) is 24.8 Å². The van der Waals surface area contributed by atoms with Crippen molar-refractivity contribution >= 4 is 0 Å². The SMILES string of the molecule is Cc1cccc(OCCCNCC2CCCO2)c1. The fourth-order valence-corrected chi connectivity index (χ4v) is 2.16. The molecular formula is C15H23NO2. The van der Waals surface area contributed by atoms with Gasteiger partial charge in [-0.25, -0.2) is 0 Å². The Labute approximate surface area is 109 Å². The summed E-state index contributed by atoms with van der Waals surface area (Å²) >= 11 is 0. The van der Waals surface area contributed by atoms with Gasteiger partial charge in [-0.3, -0.25) is 0 Å². The molecule has 0 aliphatic carbocycles. The number of hydrogen-bond donors (Lipinski definition) is 1. The van der Waals surface area contributed by atoms with Gasteiger partial charge in [-0.2, -0.15) is 0 Å². The number of nitrogens with one attached hydrogen (secondary N) is 1. The van der Waals surface area contributed by atoms with Crippen LogP contribution in [0.5, 0.6) is 5.75 Å². The molecule has 0 radical (unpaired) electrons. The zero-order chi connectivity index (χ0) is 12.6. The monoisotopic (exact) mass is 249 g/mol. The Morgan fingerprint density at radius 1 is 1.44 bits per heavy atom. The van der Waals surface area contributed by atoms with Crippen LogP contribution in [-0.2, 0) is 4.74 Å². The summed E-state index contributed by atoms with van der Waals surface area (Å²) in [4.78, 5) is 0. The molecule has 1 aliphatic rings. The third kappa shape index (κ3) is 4.67. The molecule has 100 valence electrons. The molecule has 0 spiro atoms. The first-order valence-corrected chi connectivity index (χ1v) is 6.86. The minimum absolute atomic E-state index is 0.433. The lowest BCUT2D eigenvalue weighted by molar-refractivity contribution is 0.110. The fourth-order valence-electron chi connectivity index (χ4n) is 2.16. The Balaban J connectivity index is 1.50. The number of benzene rings is 1. The summed E-state index contributed by atoms with van der Waals surface area (Å²) in [5.74, 6) is 0.967. The standard InChI is InChI=1S/C15H23NO2/c1-13-5-2-6-14(11-13)17-10-4-8-16-12-15-7-3-9-18-15/h2,5-6,11,15-16H,3-4,7-10,12H2,1H3. The van der Waals surface area contributed by atoms with Crippen molar-refractivity contribution in [2.45, 2.75) is 32.3 Å². The quantitative estimate of drug-likeness (QED) is 0.753. The second-order valence-corrected chi connectivity index (χ2v) is 4.86. The molecule has 0 aromatic heterocycles. The van der Waals surface area contributed by atoms with Gasteiger partial charge in [0.1, 0.15) is 5.75 Å². The molecule has 1 aliphatic heterocycles. The van der Waals surface area contributed by atoms with Crippen molar-refractivity contribution in [1.29, 1.82) is 0 Å². The van der Waals surface area contributed by atoms with Gasteiger partial charge in [-0.1, -0.05) is 12.1 Å². The van der Waals surface area contributed by atoms with E-state index in [1.54, 1.807) is 0 Å². The van der Waals surface area contributed by atoms with Crippen LogP contribution in [0.25, 0.3) is 0 Å². The summed E-state index contributed by atoms with van der Waals surface area (Å²) < 4.78 is 11.2. The predicted molar refractivity (Wildman–Crippen MR) is 73.1 cm³/mol. The maximum atomic E-state index is 5.69. The molecule has 1 fully saturated rings. The van der Waals surface area contributed by atoms with Gasteiger partial charge < -0.3 is 14.8 Å². The van der Waals surface area contributed by atoms with E-state index >= 15 is 0 Å². The Kier molecular flexibility index (Phi) is 5.49. The van der Waals surface area contributed by atoms with Crippen molar-refractivity contribution in [2.75, 3.05) is 26.3 Å². The zero-order valence-corrected chi connectivity index (χ0v) is 11.2. The average Bonchev–Trinajstić information content (AvgIpc) is 2.87. The Morgan fingerprint density at radius 3 is 3.17 bits per heavy atom. The smallest absolute Gasteiger partial charge is 0.119 e. The van der Waals surface area contributed by atoms with Gasteiger partial charge in [0, 0.05) is 13.2 Å². The Morgan fingerprint density at radius 2 is 2.39 bits per heavy atom. The number of rotatable bonds is 7. The van der Waals surface area contributed by atoms with Crippen LogP contribution < -0.4 is 10.1 Å². The molecule has 0 amide bonds. The number of hydrogen-bond acceptors (Lipinski definition) is 3. The lowest BCUT2D eigenvalue weighted by Gasteiger charge is -2.11. The molecule has 0 bridgehead atoms. The molecule has 3 nitrogen and oxygen atoms in total. The van der Waals surface area contributed by atoms with E-state index < -0.39 is 0 Å². The van der Waals surface area contributed by atoms with E-state index in [4.69, 9.17) is 9.47 Å². The van der Waals surface area contributed by atoms with Gasteiger partial charge in [0.05, 0.1) is 12.7 Å². The van der Waals surface area contributed by atoms with Crippen LogP contribution in [0.4, 0.5) is 0 Å². The summed E-state index contributed by atoms with van der Waals surface area (Å²) in [7, 11) is 0. The van der Waals surface area contributed by atoms with Crippen LogP contribution in [0, 0.1) is 6.92 Å². The lowest BCUT2D eigenvalue weighted by atomic mass is 10.2. The molecule has 3 heteroatoms. The Bertz CT molecular complexity index is 348. The van der Waals surface area contributed by atoms with Gasteiger partial charge in [-0.05, 0) is 50.4 Å². The van der Waals surface area contributed by atoms with Crippen molar-refractivity contribution < 1.29 is 9.47 Å². The van der Waals surface area contributed by atoms with Gasteiger partial charge in [0.2, 0.25) is 0 Å². The molecule has 0 saturated carbocycles. The molecule has 1 unspecified atom stereocenters. The third-order valence-corrected chi connectivity index (χ3v) is 3.15. The van der Waals surface area contributed by atoms with Gasteiger partial charge >= 0.3 is 0 Å². The molecule has 1 heterocycles. The normalized spacial score (nSPS) is 19.1. The first kappa shape index (κ1) is 13.4. The summed E-state index contributed by atoms with van der Waals surface area (Å²) in [6.07, 6.45) is 3.87. The Hall–Kier alpha value is -1.06. The predicted octanol–water partition coefficient (Wildman–Crippen LogP) is 2.53. The van der Waals surface area contributed by atoms with Crippen LogP contribution in [0.3, 0.4) is 0 Å². The van der Waals surface area contributed by atoms with Crippen LogP contribution in [0.2, 0.25) is 0 Å². The molecular weight excluding hydrogens is 226 g/mol. The van der Waals surface area contributed by atoms with Crippen molar-refractivity contribution in [1.82, 2.24) is 5.32 Å². The molecule has 2 rings (SSSR count). The van der Waals surface area contributed by atoms with Crippen molar-refractivity contribution in [3.05, 3.63) is 29.8 Å². The van der Waals surface area contributed by atoms with Crippen LogP contribution in [0.15, 0.2) is 24.3 Å². The minimum atomic E-state index is 0.433. The maximum absolute atomic E-state index is 5.69. The summed E-state index contributed by atoms with van der Waals surface area (Å²) in [6.45, 7) is 5.75. The highest BCUT2D eigenvalue weighted by molar-refractivity contribution is 5.27. The number of aryl methyl sites for hydroxylation is 1. The highest BCUT2D eigenvalue weighted by atomic mass is 16.5. The third-order valence-electron chi connectivity index (χ3n) is 3.15. The number of ether oxygens (including phenoxy) is 2. The summed E-state index contributed by atoms with van der Waals surface area (Å²) in [5.41, 5.74) is 1.24.